The summed E-state index contributed by atoms with van der Waals surface area (Å²) >= 11 is 2.97. The first-order valence-electron chi connectivity index (χ1n) is 4.72. The fourth-order valence-electron chi connectivity index (χ4n) is 1.34. The highest BCUT2D eigenvalue weighted by molar-refractivity contribution is 8.00. The number of H-pyrrole nitrogens is 1. The highest BCUT2D eigenvalue weighted by Gasteiger charge is 2.19. The minimum atomic E-state index is -1.04. The molecule has 0 bridgehead atoms. The second-order valence-corrected chi connectivity index (χ2v) is 6.05. The topological polar surface area (TPSA) is 66.0 Å². The molecule has 6 heteroatoms. The Hall–Kier alpha value is -0.850. The molecule has 16 heavy (non-hydrogen) atoms. The molecule has 0 aliphatic heterocycles. The number of nitrogens with one attached hydrogen (secondary N) is 1. The quantitative estimate of drug-likeness (QED) is 0.806. The molecule has 0 atom stereocenters. The maximum atomic E-state index is 11.7. The van der Waals surface area contributed by atoms with Crippen molar-refractivity contribution in [1.29, 1.82) is 0 Å². The summed E-state index contributed by atoms with van der Waals surface area (Å²) in [6, 6.07) is 1.79. The lowest BCUT2D eigenvalue weighted by Crippen LogP contribution is -2.22. The summed E-state index contributed by atoms with van der Waals surface area (Å²) in [6.07, 6.45) is 1.92. The Labute approximate surface area is 101 Å². The number of aromatic amines is 1. The van der Waals surface area contributed by atoms with E-state index in [-0.39, 0.29) is 5.56 Å². The summed E-state index contributed by atoms with van der Waals surface area (Å²) in [6.45, 7) is 3.28. The number of thioether (sulfide) groups is 1. The van der Waals surface area contributed by atoms with Crippen molar-refractivity contribution in [3.63, 3.8) is 0 Å². The fourth-order valence-corrected chi connectivity index (χ4v) is 2.86. The zero-order valence-corrected chi connectivity index (χ0v) is 10.8. The molecule has 2 aromatic rings. The molecule has 0 unspecified atom stereocenters. The van der Waals surface area contributed by atoms with Gasteiger partial charge in [0.25, 0.3) is 5.56 Å². The summed E-state index contributed by atoms with van der Waals surface area (Å²) in [5.41, 5.74) is -0.327. The molecule has 2 aromatic heterocycles. The van der Waals surface area contributed by atoms with Crippen molar-refractivity contribution in [2.45, 2.75) is 23.8 Å². The number of nitrogens with zero attached hydrogens (tertiary/aromatic N) is 1. The van der Waals surface area contributed by atoms with Gasteiger partial charge in [-0.1, -0.05) is 11.8 Å². The zero-order chi connectivity index (χ0) is 11.9. The molecule has 0 spiro atoms. The highest BCUT2D eigenvalue weighted by atomic mass is 32.2. The van der Waals surface area contributed by atoms with Crippen molar-refractivity contribution in [3.05, 3.63) is 22.1 Å². The van der Waals surface area contributed by atoms with Crippen LogP contribution in [0.2, 0.25) is 0 Å². The summed E-state index contributed by atoms with van der Waals surface area (Å²) in [4.78, 5) is 18.6. The molecular formula is C10H12N2O2S2. The zero-order valence-electron chi connectivity index (χ0n) is 9.20. The van der Waals surface area contributed by atoms with Gasteiger partial charge in [0.2, 0.25) is 0 Å². The predicted octanol–water partition coefficient (Wildman–Crippen LogP) is 1.93. The van der Waals surface area contributed by atoms with Crippen LogP contribution in [0, 0.1) is 0 Å². The molecule has 0 aromatic carbocycles. The average molecular weight is 256 g/mol. The number of rotatable bonds is 2. The van der Waals surface area contributed by atoms with E-state index in [4.69, 9.17) is 0 Å². The standard InChI is InChI=1S/C10H12N2O2S2/c1-10(2,14)6-4-5-7(8(13)11-6)12-9(15-3)16-5/h4,14H,1-3H3,(H,11,13). The van der Waals surface area contributed by atoms with E-state index >= 15 is 0 Å². The van der Waals surface area contributed by atoms with Crippen molar-refractivity contribution < 1.29 is 5.11 Å². The van der Waals surface area contributed by atoms with Crippen molar-refractivity contribution >= 4 is 33.3 Å². The number of hydrogen-bond donors (Lipinski definition) is 2. The van der Waals surface area contributed by atoms with Crippen LogP contribution in [0.25, 0.3) is 10.2 Å². The lowest BCUT2D eigenvalue weighted by molar-refractivity contribution is 0.0738. The number of thiazole rings is 1. The van der Waals surface area contributed by atoms with E-state index in [1.807, 2.05) is 6.26 Å². The van der Waals surface area contributed by atoms with Gasteiger partial charge in [0.05, 0.1) is 16.0 Å². The molecular weight excluding hydrogens is 244 g/mol. The predicted molar refractivity (Wildman–Crippen MR) is 67.3 cm³/mol. The number of aliphatic hydroxyl groups is 1. The average Bonchev–Trinajstić information content (AvgIpc) is 2.59. The maximum Gasteiger partial charge on any atom is 0.275 e. The van der Waals surface area contributed by atoms with E-state index in [9.17, 15) is 9.90 Å². The molecule has 0 aliphatic rings. The van der Waals surface area contributed by atoms with Gasteiger partial charge in [-0.3, -0.25) is 4.79 Å². The molecule has 2 heterocycles. The molecule has 0 radical (unpaired) electrons. The summed E-state index contributed by atoms with van der Waals surface area (Å²) in [5.74, 6) is 0. The first-order valence-corrected chi connectivity index (χ1v) is 6.76. The van der Waals surface area contributed by atoms with Crippen LogP contribution < -0.4 is 5.56 Å². The molecule has 2 rings (SSSR count). The summed E-state index contributed by atoms with van der Waals surface area (Å²) in [5, 5.41) is 9.85. The monoisotopic (exact) mass is 256 g/mol. The molecule has 0 fully saturated rings. The van der Waals surface area contributed by atoms with Gasteiger partial charge in [-0.15, -0.1) is 11.3 Å². The molecule has 4 nitrogen and oxygen atoms in total. The molecule has 2 N–H and O–H groups in total. The lowest BCUT2D eigenvalue weighted by Gasteiger charge is -2.16. The van der Waals surface area contributed by atoms with E-state index in [0.29, 0.717) is 11.2 Å². The van der Waals surface area contributed by atoms with Crippen molar-refractivity contribution in [2.75, 3.05) is 6.26 Å². The van der Waals surface area contributed by atoms with E-state index in [0.717, 1.165) is 9.04 Å². The second kappa shape index (κ2) is 3.87. The van der Waals surface area contributed by atoms with Gasteiger partial charge < -0.3 is 10.1 Å². The van der Waals surface area contributed by atoms with Gasteiger partial charge in [0.15, 0.2) is 4.34 Å². The number of fused-ring (bicyclic) bond motifs is 1. The maximum absolute atomic E-state index is 11.7. The fraction of sp³-hybridized carbons (Fsp3) is 0.400. The Morgan fingerprint density at radius 2 is 2.25 bits per heavy atom. The van der Waals surface area contributed by atoms with Gasteiger partial charge >= 0.3 is 0 Å². The number of pyridine rings is 1. The van der Waals surface area contributed by atoms with E-state index in [2.05, 4.69) is 9.97 Å². The highest BCUT2D eigenvalue weighted by Crippen LogP contribution is 2.28. The first kappa shape index (κ1) is 11.6. The Kier molecular flexibility index (Phi) is 2.81. The molecule has 0 amide bonds. The van der Waals surface area contributed by atoms with Gasteiger partial charge in [0.1, 0.15) is 5.52 Å². The Morgan fingerprint density at radius 1 is 1.56 bits per heavy atom. The van der Waals surface area contributed by atoms with Crippen molar-refractivity contribution in [1.82, 2.24) is 9.97 Å². The van der Waals surface area contributed by atoms with Crippen LogP contribution >= 0.6 is 23.1 Å². The largest absolute Gasteiger partial charge is 0.384 e. The van der Waals surface area contributed by atoms with E-state index < -0.39 is 5.60 Å². The first-order chi connectivity index (χ1) is 7.41. The van der Waals surface area contributed by atoms with Crippen LogP contribution in [-0.4, -0.2) is 21.3 Å². The van der Waals surface area contributed by atoms with Crippen LogP contribution in [0.15, 0.2) is 15.2 Å². The number of hydrogen-bond acceptors (Lipinski definition) is 5. The van der Waals surface area contributed by atoms with E-state index in [1.165, 1.54) is 23.1 Å². The minimum Gasteiger partial charge on any atom is -0.384 e. The molecule has 0 aliphatic carbocycles. The minimum absolute atomic E-state index is 0.244. The van der Waals surface area contributed by atoms with Crippen molar-refractivity contribution in [2.24, 2.45) is 0 Å². The van der Waals surface area contributed by atoms with Crippen LogP contribution in [-0.2, 0) is 5.60 Å². The van der Waals surface area contributed by atoms with Gasteiger partial charge in [-0.2, -0.15) is 0 Å². The van der Waals surface area contributed by atoms with Crippen molar-refractivity contribution in [3.8, 4) is 0 Å². The Balaban J connectivity index is 2.72. The summed E-state index contributed by atoms with van der Waals surface area (Å²) < 4.78 is 1.67. The van der Waals surface area contributed by atoms with Crippen LogP contribution in [0.1, 0.15) is 19.5 Å². The SMILES string of the molecule is CSc1nc2c(=O)[nH]c(C(C)(C)O)cc2s1. The number of aromatic nitrogens is 2. The summed E-state index contributed by atoms with van der Waals surface area (Å²) in [7, 11) is 0. The molecule has 86 valence electrons. The Morgan fingerprint density at radius 3 is 2.81 bits per heavy atom. The third-order valence-electron chi connectivity index (χ3n) is 2.21. The van der Waals surface area contributed by atoms with Crippen LogP contribution in [0.4, 0.5) is 0 Å². The van der Waals surface area contributed by atoms with E-state index in [1.54, 1.807) is 19.9 Å². The normalized spacial score (nSPS) is 12.2. The molecule has 0 saturated carbocycles. The Bertz CT molecular complexity index is 580. The van der Waals surface area contributed by atoms with Crippen LogP contribution in [0.3, 0.4) is 0 Å². The molecule has 0 saturated heterocycles. The van der Waals surface area contributed by atoms with Gasteiger partial charge in [0, 0.05) is 0 Å². The second-order valence-electron chi connectivity index (χ2n) is 3.97. The van der Waals surface area contributed by atoms with Gasteiger partial charge in [-0.05, 0) is 26.2 Å². The third-order valence-corrected chi connectivity index (χ3v) is 4.19. The smallest absolute Gasteiger partial charge is 0.275 e. The lowest BCUT2D eigenvalue weighted by atomic mass is 10.1. The third kappa shape index (κ3) is 2.00. The van der Waals surface area contributed by atoms with Crippen LogP contribution in [0.5, 0.6) is 0 Å². The van der Waals surface area contributed by atoms with Gasteiger partial charge in [-0.25, -0.2) is 4.98 Å².